The van der Waals surface area contributed by atoms with Crippen LogP contribution in [0.4, 0.5) is 11.4 Å². The number of aromatic nitrogens is 1. The maximum absolute atomic E-state index is 13.5. The number of para-hydroxylation sites is 1. The van der Waals surface area contributed by atoms with Gasteiger partial charge in [-0.1, -0.05) is 48.0 Å². The predicted octanol–water partition coefficient (Wildman–Crippen LogP) is 5.33. The number of sulfonamides is 1. The molecule has 0 saturated carbocycles. The first kappa shape index (κ1) is 15.5. The van der Waals surface area contributed by atoms with Crippen molar-refractivity contribution in [1.82, 2.24) is 4.98 Å². The average Bonchev–Trinajstić information content (AvgIpc) is 3.01. The van der Waals surface area contributed by atoms with Gasteiger partial charge in [-0.15, -0.1) is 0 Å². The fourth-order valence-corrected chi connectivity index (χ4v) is 5.40. The van der Waals surface area contributed by atoms with Gasteiger partial charge in [0.05, 0.1) is 22.0 Å². The molecule has 0 atom stereocenters. The molecule has 0 spiro atoms. The van der Waals surface area contributed by atoms with Gasteiger partial charge in [0.1, 0.15) is 0 Å². The molecule has 5 rings (SSSR count). The Hall–Kier alpha value is -2.76. The third kappa shape index (κ3) is 2.04. The molecular weight excluding hydrogens is 368 g/mol. The molecule has 0 saturated heterocycles. The van der Waals surface area contributed by atoms with Gasteiger partial charge in [-0.05, 0) is 36.4 Å². The van der Waals surface area contributed by atoms with E-state index in [0.717, 1.165) is 16.6 Å². The predicted molar refractivity (Wildman–Crippen MR) is 105 cm³/mol. The van der Waals surface area contributed by atoms with Gasteiger partial charge in [-0.3, -0.25) is 0 Å². The smallest absolute Gasteiger partial charge is 0.269 e. The molecule has 2 heterocycles. The van der Waals surface area contributed by atoms with Gasteiger partial charge in [-0.2, -0.15) is 0 Å². The van der Waals surface area contributed by atoms with Crippen LogP contribution in [0.5, 0.6) is 0 Å². The van der Waals surface area contributed by atoms with Crippen LogP contribution < -0.4 is 4.31 Å². The Morgan fingerprint density at radius 1 is 0.885 bits per heavy atom. The van der Waals surface area contributed by atoms with E-state index in [1.165, 1.54) is 4.31 Å². The zero-order valence-electron chi connectivity index (χ0n) is 13.5. The number of hydrogen-bond donors (Lipinski definition) is 1. The number of rotatable bonds is 1. The SMILES string of the molecule is O=S1(=O)c2ccccc2-c2[nH]c3ccc(Cl)cc3c2N1c1ccccc1. The van der Waals surface area contributed by atoms with Gasteiger partial charge < -0.3 is 4.98 Å². The normalized spacial score (nSPS) is 14.9. The summed E-state index contributed by atoms with van der Waals surface area (Å²) in [7, 11) is -3.75. The highest BCUT2D eigenvalue weighted by Gasteiger charge is 2.38. The number of fused-ring (bicyclic) bond motifs is 5. The van der Waals surface area contributed by atoms with Gasteiger partial charge in [-0.25, -0.2) is 12.7 Å². The number of nitrogens with one attached hydrogen (secondary N) is 1. The lowest BCUT2D eigenvalue weighted by Crippen LogP contribution is -2.29. The molecule has 128 valence electrons. The molecule has 1 aliphatic rings. The van der Waals surface area contributed by atoms with Gasteiger partial charge in [0.15, 0.2) is 0 Å². The zero-order valence-corrected chi connectivity index (χ0v) is 15.1. The van der Waals surface area contributed by atoms with Crippen molar-refractivity contribution in [2.75, 3.05) is 4.31 Å². The van der Waals surface area contributed by atoms with Crippen LogP contribution in [-0.2, 0) is 10.0 Å². The van der Waals surface area contributed by atoms with Gasteiger partial charge in [0.2, 0.25) is 0 Å². The second-order valence-electron chi connectivity index (χ2n) is 6.14. The standard InChI is InChI=1S/C20H13ClN2O2S/c21-13-10-11-17-16(12-13)20-19(22-17)15-8-4-5-9-18(15)26(24,25)23(20)14-6-2-1-3-7-14/h1-12,22H. The minimum atomic E-state index is -3.75. The summed E-state index contributed by atoms with van der Waals surface area (Å²) < 4.78 is 28.3. The number of aromatic amines is 1. The molecule has 6 heteroatoms. The van der Waals surface area contributed by atoms with E-state index in [1.807, 2.05) is 36.4 Å². The van der Waals surface area contributed by atoms with Crippen molar-refractivity contribution in [2.24, 2.45) is 0 Å². The van der Waals surface area contributed by atoms with Crippen LogP contribution in [0.2, 0.25) is 5.02 Å². The first-order valence-electron chi connectivity index (χ1n) is 8.08. The molecule has 0 unspecified atom stereocenters. The second kappa shape index (κ2) is 5.37. The third-order valence-electron chi connectivity index (χ3n) is 4.60. The summed E-state index contributed by atoms with van der Waals surface area (Å²) in [4.78, 5) is 3.66. The summed E-state index contributed by atoms with van der Waals surface area (Å²) >= 11 is 6.20. The summed E-state index contributed by atoms with van der Waals surface area (Å²) in [5.41, 5.74) is 3.47. The Labute approximate surface area is 155 Å². The van der Waals surface area contributed by atoms with Gasteiger partial charge in [0.25, 0.3) is 10.0 Å². The van der Waals surface area contributed by atoms with E-state index < -0.39 is 10.0 Å². The minimum absolute atomic E-state index is 0.286. The first-order valence-corrected chi connectivity index (χ1v) is 9.90. The summed E-state index contributed by atoms with van der Waals surface area (Å²) in [5, 5.41) is 1.33. The number of halogens is 1. The third-order valence-corrected chi connectivity index (χ3v) is 6.62. The lowest BCUT2D eigenvalue weighted by Gasteiger charge is -2.30. The number of anilines is 2. The van der Waals surface area contributed by atoms with Crippen molar-refractivity contribution in [3.63, 3.8) is 0 Å². The van der Waals surface area contributed by atoms with Crippen molar-refractivity contribution in [3.8, 4) is 11.3 Å². The topological polar surface area (TPSA) is 53.2 Å². The summed E-state index contributed by atoms with van der Waals surface area (Å²) in [6.07, 6.45) is 0. The average molecular weight is 381 g/mol. The zero-order chi connectivity index (χ0) is 17.9. The summed E-state index contributed by atoms with van der Waals surface area (Å²) in [5.74, 6) is 0. The molecule has 3 aromatic carbocycles. The van der Waals surface area contributed by atoms with E-state index >= 15 is 0 Å². The van der Waals surface area contributed by atoms with Gasteiger partial charge in [0, 0.05) is 21.5 Å². The van der Waals surface area contributed by atoms with Crippen LogP contribution in [0.3, 0.4) is 0 Å². The first-order chi connectivity index (χ1) is 12.6. The van der Waals surface area contributed by atoms with Crippen LogP contribution in [0.15, 0.2) is 77.7 Å². The largest absolute Gasteiger partial charge is 0.353 e. The summed E-state index contributed by atoms with van der Waals surface area (Å²) in [6.45, 7) is 0. The highest BCUT2D eigenvalue weighted by Crippen LogP contribution is 2.49. The van der Waals surface area contributed by atoms with E-state index in [0.29, 0.717) is 22.0 Å². The van der Waals surface area contributed by atoms with Crippen LogP contribution in [0.1, 0.15) is 0 Å². The molecule has 0 aliphatic carbocycles. The van der Waals surface area contributed by atoms with Crippen molar-refractivity contribution in [1.29, 1.82) is 0 Å². The second-order valence-corrected chi connectivity index (χ2v) is 8.33. The maximum Gasteiger partial charge on any atom is 0.269 e. The molecular formula is C20H13ClN2O2S. The van der Waals surface area contributed by atoms with E-state index in [9.17, 15) is 8.42 Å². The Kier molecular flexibility index (Phi) is 3.20. The Balaban J connectivity index is 1.97. The summed E-state index contributed by atoms with van der Waals surface area (Å²) in [6, 6.07) is 21.6. The van der Waals surface area contributed by atoms with Crippen molar-refractivity contribution >= 4 is 43.9 Å². The molecule has 0 radical (unpaired) electrons. The van der Waals surface area contributed by atoms with Crippen molar-refractivity contribution in [2.45, 2.75) is 4.90 Å². The Bertz CT molecular complexity index is 1260. The highest BCUT2D eigenvalue weighted by atomic mass is 35.5. The lowest BCUT2D eigenvalue weighted by atomic mass is 10.1. The number of benzene rings is 3. The molecule has 0 amide bonds. The van der Waals surface area contributed by atoms with Crippen LogP contribution in [0.25, 0.3) is 22.2 Å². The van der Waals surface area contributed by atoms with E-state index in [1.54, 1.807) is 36.4 Å². The fourth-order valence-electron chi connectivity index (χ4n) is 3.50. The van der Waals surface area contributed by atoms with E-state index in [2.05, 4.69) is 4.98 Å². The van der Waals surface area contributed by atoms with Crippen LogP contribution in [0, 0.1) is 0 Å². The molecule has 1 aliphatic heterocycles. The monoisotopic (exact) mass is 380 g/mol. The van der Waals surface area contributed by atoms with E-state index in [4.69, 9.17) is 11.6 Å². The van der Waals surface area contributed by atoms with Crippen LogP contribution in [-0.4, -0.2) is 13.4 Å². The number of hydrogen-bond acceptors (Lipinski definition) is 2. The van der Waals surface area contributed by atoms with Crippen LogP contribution >= 0.6 is 11.6 Å². The van der Waals surface area contributed by atoms with Gasteiger partial charge >= 0.3 is 0 Å². The molecule has 1 N–H and O–H groups in total. The fraction of sp³-hybridized carbons (Fsp3) is 0. The van der Waals surface area contributed by atoms with Crippen molar-refractivity contribution < 1.29 is 8.42 Å². The van der Waals surface area contributed by atoms with E-state index in [-0.39, 0.29) is 4.90 Å². The lowest BCUT2D eigenvalue weighted by molar-refractivity contribution is 0.596. The highest BCUT2D eigenvalue weighted by molar-refractivity contribution is 7.93. The van der Waals surface area contributed by atoms with Crippen molar-refractivity contribution in [3.05, 3.63) is 77.8 Å². The minimum Gasteiger partial charge on any atom is -0.353 e. The molecule has 0 fully saturated rings. The number of H-pyrrole nitrogens is 1. The quantitative estimate of drug-likeness (QED) is 0.485. The molecule has 4 aromatic rings. The maximum atomic E-state index is 13.5. The molecule has 1 aromatic heterocycles. The molecule has 26 heavy (non-hydrogen) atoms. The molecule has 4 nitrogen and oxygen atoms in total. The molecule has 0 bridgehead atoms. The Morgan fingerprint density at radius 2 is 1.62 bits per heavy atom. The number of nitrogens with zero attached hydrogens (tertiary/aromatic N) is 1. The Morgan fingerprint density at radius 3 is 2.42 bits per heavy atom.